The summed E-state index contributed by atoms with van der Waals surface area (Å²) in [5.41, 5.74) is 6.06. The molecule has 0 saturated heterocycles. The first-order valence-corrected chi connectivity index (χ1v) is 16.1. The maximum Gasteiger partial charge on any atom is 0.309 e. The molecule has 2 aliphatic rings. The van der Waals surface area contributed by atoms with Crippen LogP contribution in [0.5, 0.6) is 0 Å². The molecule has 47 heavy (non-hydrogen) atoms. The summed E-state index contributed by atoms with van der Waals surface area (Å²) >= 11 is 0. The topological polar surface area (TPSA) is 80.9 Å². The summed E-state index contributed by atoms with van der Waals surface area (Å²) in [5, 5.41) is 23.7. The van der Waals surface area contributed by atoms with Crippen LogP contribution in [0.15, 0.2) is 121 Å². The Kier molecular flexibility index (Phi) is 8.45. The van der Waals surface area contributed by atoms with E-state index in [4.69, 9.17) is 0 Å². The summed E-state index contributed by atoms with van der Waals surface area (Å²) < 4.78 is 2.15. The van der Waals surface area contributed by atoms with E-state index < -0.39 is 11.9 Å². The van der Waals surface area contributed by atoms with Gasteiger partial charge in [0, 0.05) is 41.1 Å². The Bertz CT molecular complexity index is 2060. The highest BCUT2D eigenvalue weighted by Gasteiger charge is 2.45. The molecular formula is C41H41N2O4+. The first kappa shape index (κ1) is 31.7. The van der Waals surface area contributed by atoms with Gasteiger partial charge in [-0.1, -0.05) is 98.8 Å². The van der Waals surface area contributed by atoms with Crippen molar-refractivity contribution in [1.29, 1.82) is 0 Å². The first-order chi connectivity index (χ1) is 22.5. The van der Waals surface area contributed by atoms with Crippen molar-refractivity contribution in [2.75, 3.05) is 18.0 Å². The molecule has 2 heterocycles. The van der Waals surface area contributed by atoms with Crippen LogP contribution in [0.2, 0.25) is 0 Å². The van der Waals surface area contributed by atoms with Gasteiger partial charge < -0.3 is 15.1 Å². The normalized spacial score (nSPS) is 17.6. The molecule has 0 aromatic heterocycles. The molecular weight excluding hydrogens is 584 g/mol. The van der Waals surface area contributed by atoms with E-state index in [-0.39, 0.29) is 23.7 Å². The maximum atomic E-state index is 11.5. The molecule has 0 fully saturated rings. The highest BCUT2D eigenvalue weighted by Crippen LogP contribution is 2.51. The van der Waals surface area contributed by atoms with E-state index in [0.717, 1.165) is 22.8 Å². The van der Waals surface area contributed by atoms with Gasteiger partial charge in [0.2, 0.25) is 5.69 Å². The number of aliphatic carboxylic acids is 2. The molecule has 2 N–H and O–H groups in total. The van der Waals surface area contributed by atoms with Gasteiger partial charge in [-0.05, 0) is 59.2 Å². The fourth-order valence-electron chi connectivity index (χ4n) is 7.45. The number of anilines is 1. The van der Waals surface area contributed by atoms with Gasteiger partial charge in [-0.15, -0.1) is 0 Å². The molecule has 0 aliphatic carbocycles. The zero-order valence-corrected chi connectivity index (χ0v) is 27.4. The van der Waals surface area contributed by atoms with Crippen molar-refractivity contribution in [1.82, 2.24) is 0 Å². The number of rotatable bonds is 10. The number of carbonyl (C=O) groups is 2. The van der Waals surface area contributed by atoms with Crippen molar-refractivity contribution < 1.29 is 24.4 Å². The molecule has 0 spiro atoms. The Morgan fingerprint density at radius 2 is 1.30 bits per heavy atom. The second-order valence-corrected chi connectivity index (χ2v) is 13.3. The van der Waals surface area contributed by atoms with E-state index in [1.807, 2.05) is 42.5 Å². The molecule has 2 aliphatic heterocycles. The van der Waals surface area contributed by atoms with E-state index >= 15 is 0 Å². The van der Waals surface area contributed by atoms with Gasteiger partial charge in [-0.3, -0.25) is 9.59 Å². The molecule has 0 unspecified atom stereocenters. The zero-order valence-electron chi connectivity index (χ0n) is 27.4. The average Bonchev–Trinajstić information content (AvgIpc) is 3.40. The quantitative estimate of drug-likeness (QED) is 0.136. The summed E-state index contributed by atoms with van der Waals surface area (Å²) in [5.74, 6) is -1.63. The molecule has 0 radical (unpaired) electrons. The zero-order chi connectivity index (χ0) is 33.3. The number of carboxylic acid groups (broad SMARTS) is 2. The largest absolute Gasteiger partial charge is 0.481 e. The van der Waals surface area contributed by atoms with Gasteiger partial charge in [-0.25, -0.2) is 0 Å². The number of carboxylic acids is 2. The number of nitrogens with zero attached hydrogens (tertiary/aromatic N) is 2. The van der Waals surface area contributed by atoms with Crippen LogP contribution in [0.1, 0.15) is 51.7 Å². The van der Waals surface area contributed by atoms with Crippen molar-refractivity contribution in [2.24, 2.45) is 0 Å². The SMILES string of the molecule is CC1(C)C(/C=C/C=C/C=C/C=C2/N(CCC(=O)O)c3ccc4ccccc4c3C2(C)C)=[N+](CCC(=O)O)c2ccc3ccccc3c21. The predicted octanol–water partition coefficient (Wildman–Crippen LogP) is 8.67. The molecule has 0 amide bonds. The molecule has 0 atom stereocenters. The van der Waals surface area contributed by atoms with Crippen molar-refractivity contribution >= 4 is 50.6 Å². The van der Waals surface area contributed by atoms with E-state index in [1.165, 1.54) is 32.7 Å². The predicted molar refractivity (Wildman–Crippen MR) is 191 cm³/mol. The monoisotopic (exact) mass is 625 g/mol. The van der Waals surface area contributed by atoms with Crippen LogP contribution >= 0.6 is 0 Å². The fourth-order valence-corrected chi connectivity index (χ4v) is 7.45. The lowest BCUT2D eigenvalue weighted by atomic mass is 9.79. The summed E-state index contributed by atoms with van der Waals surface area (Å²) in [6.07, 6.45) is 14.3. The van der Waals surface area contributed by atoms with Crippen LogP contribution in [0.25, 0.3) is 21.5 Å². The van der Waals surface area contributed by atoms with Crippen molar-refractivity contribution in [2.45, 2.75) is 51.4 Å². The van der Waals surface area contributed by atoms with Crippen molar-refractivity contribution in [3.8, 4) is 0 Å². The molecule has 0 saturated carbocycles. The van der Waals surface area contributed by atoms with Gasteiger partial charge in [0.15, 0.2) is 12.3 Å². The minimum Gasteiger partial charge on any atom is -0.481 e. The third-order valence-corrected chi connectivity index (χ3v) is 9.56. The Labute approximate surface area is 276 Å². The van der Waals surface area contributed by atoms with Crippen molar-refractivity contribution in [3.05, 3.63) is 132 Å². The second-order valence-electron chi connectivity index (χ2n) is 13.3. The highest BCUT2D eigenvalue weighted by molar-refractivity contribution is 6.07. The molecule has 4 aromatic rings. The van der Waals surface area contributed by atoms with E-state index in [9.17, 15) is 19.8 Å². The third-order valence-electron chi connectivity index (χ3n) is 9.56. The lowest BCUT2D eigenvalue weighted by Crippen LogP contribution is -2.28. The smallest absolute Gasteiger partial charge is 0.309 e. The van der Waals surface area contributed by atoms with Crippen LogP contribution in [0.4, 0.5) is 11.4 Å². The average molecular weight is 626 g/mol. The standard InChI is InChI=1S/C41H40N2O4/c1-40(2)34(42(26-24-36(44)45)32-22-20-28-14-10-12-16-30(28)38(32)40)18-8-6-5-7-9-19-35-41(3,4)39-31-17-13-11-15-29(31)21-23-33(39)43(35)27-25-37(46)47/h5-23H,24-27H2,1-4H3,(H-,44,45,46,47)/p+1. The van der Waals surface area contributed by atoms with Crippen LogP contribution in [0.3, 0.4) is 0 Å². The second kappa shape index (κ2) is 12.5. The Morgan fingerprint density at radius 1 is 0.702 bits per heavy atom. The Hall–Kier alpha value is -5.23. The van der Waals surface area contributed by atoms with Gasteiger partial charge in [0.05, 0.1) is 11.8 Å². The van der Waals surface area contributed by atoms with Crippen LogP contribution in [-0.4, -0.2) is 45.5 Å². The number of benzene rings is 4. The summed E-state index contributed by atoms with van der Waals surface area (Å²) in [6, 6.07) is 25.2. The van der Waals surface area contributed by atoms with E-state index in [0.29, 0.717) is 13.1 Å². The summed E-state index contributed by atoms with van der Waals surface area (Å²) in [6.45, 7) is 9.61. The van der Waals surface area contributed by atoms with Gasteiger partial charge in [0.25, 0.3) is 0 Å². The number of hydrogen-bond donors (Lipinski definition) is 2. The summed E-state index contributed by atoms with van der Waals surface area (Å²) in [4.78, 5) is 25.2. The molecule has 6 heteroatoms. The molecule has 6 nitrogen and oxygen atoms in total. The van der Waals surface area contributed by atoms with Crippen LogP contribution in [0, 0.1) is 0 Å². The van der Waals surface area contributed by atoms with Gasteiger partial charge >= 0.3 is 11.9 Å². The lowest BCUT2D eigenvalue weighted by Gasteiger charge is -2.26. The third kappa shape index (κ3) is 5.80. The Morgan fingerprint density at radius 3 is 1.98 bits per heavy atom. The minimum absolute atomic E-state index is 0.0480. The Balaban J connectivity index is 1.28. The summed E-state index contributed by atoms with van der Waals surface area (Å²) in [7, 11) is 0. The molecule has 4 aromatic carbocycles. The number of hydrogen-bond acceptors (Lipinski definition) is 3. The lowest BCUT2D eigenvalue weighted by molar-refractivity contribution is -0.436. The highest BCUT2D eigenvalue weighted by atomic mass is 16.4. The van der Waals surface area contributed by atoms with E-state index in [2.05, 4.69) is 110 Å². The maximum absolute atomic E-state index is 11.5. The first-order valence-electron chi connectivity index (χ1n) is 16.1. The van der Waals surface area contributed by atoms with E-state index in [1.54, 1.807) is 0 Å². The van der Waals surface area contributed by atoms with Gasteiger partial charge in [-0.2, -0.15) is 4.58 Å². The fraction of sp³-hybridized carbons (Fsp3) is 0.244. The van der Waals surface area contributed by atoms with Crippen molar-refractivity contribution in [3.63, 3.8) is 0 Å². The number of fused-ring (bicyclic) bond motifs is 6. The molecule has 0 bridgehead atoms. The van der Waals surface area contributed by atoms with Crippen LogP contribution in [-0.2, 0) is 20.4 Å². The molecule has 6 rings (SSSR count). The van der Waals surface area contributed by atoms with Gasteiger partial charge in [0.1, 0.15) is 6.42 Å². The van der Waals surface area contributed by atoms with Crippen LogP contribution < -0.4 is 4.90 Å². The molecule has 238 valence electrons. The number of allylic oxidation sites excluding steroid dienone is 8. The minimum atomic E-state index is -0.817.